The van der Waals surface area contributed by atoms with Gasteiger partial charge in [-0.05, 0) is 25.8 Å². The summed E-state index contributed by atoms with van der Waals surface area (Å²) in [5, 5.41) is 3.39. The van der Waals surface area contributed by atoms with Gasteiger partial charge in [-0.25, -0.2) is 0 Å². The molecular formula is C16H24N2O2. The summed E-state index contributed by atoms with van der Waals surface area (Å²) in [6.45, 7) is 6.65. The standard InChI is InChI=1S/C16H24N2O2/c1-5-14(10-20-4)18-15(17-12(3)16(18)19)13-8-6-7-11(2)9-13/h6-9,12,14-15,17H,5,10H2,1-4H3. The zero-order valence-corrected chi connectivity index (χ0v) is 12.7. The van der Waals surface area contributed by atoms with Gasteiger partial charge >= 0.3 is 0 Å². The maximum Gasteiger partial charge on any atom is 0.241 e. The van der Waals surface area contributed by atoms with Crippen LogP contribution < -0.4 is 5.32 Å². The molecule has 1 aliphatic heterocycles. The Balaban J connectivity index is 2.32. The van der Waals surface area contributed by atoms with Crippen LogP contribution in [0.2, 0.25) is 0 Å². The molecule has 1 aliphatic rings. The average Bonchev–Trinajstić information content (AvgIpc) is 2.73. The van der Waals surface area contributed by atoms with E-state index in [1.54, 1.807) is 7.11 Å². The number of methoxy groups -OCH3 is 1. The molecule has 1 heterocycles. The molecule has 0 radical (unpaired) electrons. The van der Waals surface area contributed by atoms with Gasteiger partial charge in [-0.15, -0.1) is 0 Å². The van der Waals surface area contributed by atoms with Crippen molar-refractivity contribution >= 4 is 5.91 Å². The lowest BCUT2D eigenvalue weighted by atomic mass is 10.1. The molecule has 1 saturated heterocycles. The summed E-state index contributed by atoms with van der Waals surface area (Å²) in [5.74, 6) is 0.153. The zero-order chi connectivity index (χ0) is 14.7. The van der Waals surface area contributed by atoms with Crippen LogP contribution in [0, 0.1) is 6.92 Å². The Morgan fingerprint density at radius 3 is 2.80 bits per heavy atom. The van der Waals surface area contributed by atoms with Crippen molar-refractivity contribution in [2.45, 2.75) is 45.4 Å². The van der Waals surface area contributed by atoms with Gasteiger partial charge in [0.25, 0.3) is 0 Å². The fraction of sp³-hybridized carbons (Fsp3) is 0.562. The van der Waals surface area contributed by atoms with Crippen LogP contribution in [-0.2, 0) is 9.53 Å². The summed E-state index contributed by atoms with van der Waals surface area (Å²) >= 11 is 0. The molecule has 3 atom stereocenters. The van der Waals surface area contributed by atoms with Crippen LogP contribution in [-0.4, -0.2) is 36.6 Å². The van der Waals surface area contributed by atoms with Gasteiger partial charge in [0.2, 0.25) is 5.91 Å². The first-order valence-electron chi connectivity index (χ1n) is 7.22. The predicted molar refractivity (Wildman–Crippen MR) is 79.3 cm³/mol. The molecule has 3 unspecified atom stereocenters. The number of nitrogens with zero attached hydrogens (tertiary/aromatic N) is 1. The molecule has 20 heavy (non-hydrogen) atoms. The Morgan fingerprint density at radius 1 is 1.45 bits per heavy atom. The number of nitrogens with one attached hydrogen (secondary N) is 1. The topological polar surface area (TPSA) is 41.6 Å². The number of ether oxygens (including phenoxy) is 1. The Morgan fingerprint density at radius 2 is 2.20 bits per heavy atom. The van der Waals surface area contributed by atoms with Crippen LogP contribution in [0.25, 0.3) is 0 Å². The minimum Gasteiger partial charge on any atom is -0.383 e. The van der Waals surface area contributed by atoms with Gasteiger partial charge in [-0.2, -0.15) is 0 Å². The second-order valence-electron chi connectivity index (χ2n) is 5.47. The van der Waals surface area contributed by atoms with E-state index in [2.05, 4.69) is 37.4 Å². The molecule has 0 saturated carbocycles. The third-order valence-corrected chi connectivity index (χ3v) is 3.89. The number of carbonyl (C=O) groups is 1. The molecule has 0 aromatic heterocycles. The predicted octanol–water partition coefficient (Wildman–Crippen LogP) is 2.24. The molecule has 1 amide bonds. The van der Waals surface area contributed by atoms with Crippen molar-refractivity contribution in [2.24, 2.45) is 0 Å². The lowest BCUT2D eigenvalue weighted by Crippen LogP contribution is -2.42. The summed E-state index contributed by atoms with van der Waals surface area (Å²) in [5.41, 5.74) is 2.34. The van der Waals surface area contributed by atoms with E-state index in [0.717, 1.165) is 12.0 Å². The largest absolute Gasteiger partial charge is 0.383 e. The molecule has 4 nitrogen and oxygen atoms in total. The molecule has 110 valence electrons. The SMILES string of the molecule is CCC(COC)N1C(=O)C(C)NC1c1cccc(C)c1. The molecule has 0 aliphatic carbocycles. The molecule has 1 aromatic rings. The molecule has 0 bridgehead atoms. The van der Waals surface area contributed by atoms with Crippen LogP contribution in [0.5, 0.6) is 0 Å². The highest BCUT2D eigenvalue weighted by molar-refractivity contribution is 5.84. The van der Waals surface area contributed by atoms with Crippen molar-refractivity contribution in [2.75, 3.05) is 13.7 Å². The Kier molecular flexibility index (Phi) is 4.78. The lowest BCUT2D eigenvalue weighted by molar-refractivity contribution is -0.133. The van der Waals surface area contributed by atoms with E-state index in [4.69, 9.17) is 4.74 Å². The van der Waals surface area contributed by atoms with Crippen molar-refractivity contribution < 1.29 is 9.53 Å². The highest BCUT2D eigenvalue weighted by Gasteiger charge is 2.40. The third kappa shape index (κ3) is 2.86. The summed E-state index contributed by atoms with van der Waals surface area (Å²) in [4.78, 5) is 14.4. The maximum absolute atomic E-state index is 12.5. The van der Waals surface area contributed by atoms with Gasteiger partial charge < -0.3 is 9.64 Å². The van der Waals surface area contributed by atoms with Gasteiger partial charge in [0.15, 0.2) is 0 Å². The second-order valence-corrected chi connectivity index (χ2v) is 5.47. The summed E-state index contributed by atoms with van der Waals surface area (Å²) in [6.07, 6.45) is 0.827. The summed E-state index contributed by atoms with van der Waals surface area (Å²) in [7, 11) is 1.68. The quantitative estimate of drug-likeness (QED) is 0.896. The second kappa shape index (κ2) is 6.37. The fourth-order valence-electron chi connectivity index (χ4n) is 2.81. The van der Waals surface area contributed by atoms with Crippen LogP contribution in [0.1, 0.15) is 37.6 Å². The molecule has 1 fully saturated rings. The van der Waals surface area contributed by atoms with E-state index < -0.39 is 0 Å². The van der Waals surface area contributed by atoms with E-state index in [9.17, 15) is 4.79 Å². The van der Waals surface area contributed by atoms with Gasteiger partial charge in [0.05, 0.1) is 18.7 Å². The van der Waals surface area contributed by atoms with E-state index in [1.165, 1.54) is 5.56 Å². The van der Waals surface area contributed by atoms with E-state index in [-0.39, 0.29) is 24.2 Å². The number of aryl methyl sites for hydroxylation is 1. The van der Waals surface area contributed by atoms with Gasteiger partial charge in [0.1, 0.15) is 6.17 Å². The number of carbonyl (C=O) groups excluding carboxylic acids is 1. The smallest absolute Gasteiger partial charge is 0.241 e. The van der Waals surface area contributed by atoms with Crippen molar-refractivity contribution in [3.8, 4) is 0 Å². The molecule has 1 N–H and O–H groups in total. The summed E-state index contributed by atoms with van der Waals surface area (Å²) in [6, 6.07) is 8.27. The van der Waals surface area contributed by atoms with Gasteiger partial charge in [-0.3, -0.25) is 10.1 Å². The number of rotatable bonds is 5. The monoisotopic (exact) mass is 276 g/mol. The minimum atomic E-state index is -0.147. The molecular weight excluding hydrogens is 252 g/mol. The first-order chi connectivity index (χ1) is 9.58. The van der Waals surface area contributed by atoms with E-state index in [1.807, 2.05) is 17.9 Å². The maximum atomic E-state index is 12.5. The number of amides is 1. The van der Waals surface area contributed by atoms with Crippen LogP contribution in [0.3, 0.4) is 0 Å². The van der Waals surface area contributed by atoms with Gasteiger partial charge in [0, 0.05) is 7.11 Å². The van der Waals surface area contributed by atoms with E-state index in [0.29, 0.717) is 6.61 Å². The normalized spacial score (nSPS) is 24.2. The molecule has 1 aromatic carbocycles. The fourth-order valence-corrected chi connectivity index (χ4v) is 2.81. The van der Waals surface area contributed by atoms with Gasteiger partial charge in [-0.1, -0.05) is 36.8 Å². The summed E-state index contributed by atoms with van der Waals surface area (Å²) < 4.78 is 5.28. The zero-order valence-electron chi connectivity index (χ0n) is 12.7. The highest BCUT2D eigenvalue weighted by atomic mass is 16.5. The molecule has 2 rings (SSSR count). The molecule has 4 heteroatoms. The van der Waals surface area contributed by atoms with Crippen LogP contribution in [0.4, 0.5) is 0 Å². The lowest BCUT2D eigenvalue weighted by Gasteiger charge is -2.32. The number of benzene rings is 1. The third-order valence-electron chi connectivity index (χ3n) is 3.89. The Labute approximate surface area is 121 Å². The number of hydrogen-bond donors (Lipinski definition) is 1. The number of hydrogen-bond acceptors (Lipinski definition) is 3. The first-order valence-corrected chi connectivity index (χ1v) is 7.22. The van der Waals surface area contributed by atoms with Crippen LogP contribution in [0.15, 0.2) is 24.3 Å². The first kappa shape index (κ1) is 15.0. The van der Waals surface area contributed by atoms with Crippen molar-refractivity contribution in [3.05, 3.63) is 35.4 Å². The molecule has 0 spiro atoms. The van der Waals surface area contributed by atoms with Crippen molar-refractivity contribution in [3.63, 3.8) is 0 Å². The highest BCUT2D eigenvalue weighted by Crippen LogP contribution is 2.29. The van der Waals surface area contributed by atoms with Crippen molar-refractivity contribution in [1.82, 2.24) is 10.2 Å². The Hall–Kier alpha value is -1.39. The van der Waals surface area contributed by atoms with Crippen LogP contribution >= 0.6 is 0 Å². The minimum absolute atomic E-state index is 0.0579. The average molecular weight is 276 g/mol. The van der Waals surface area contributed by atoms with E-state index >= 15 is 0 Å². The van der Waals surface area contributed by atoms with Crippen molar-refractivity contribution in [1.29, 1.82) is 0 Å². The Bertz CT molecular complexity index is 475.